The predicted octanol–water partition coefficient (Wildman–Crippen LogP) is 4.96. The number of nitrogens with one attached hydrogen (secondary N) is 1. The maximum absolute atomic E-state index is 5.97. The molecule has 1 aliphatic rings. The van der Waals surface area contributed by atoms with Crippen molar-refractivity contribution < 1.29 is 0 Å². The summed E-state index contributed by atoms with van der Waals surface area (Å²) in [5.74, 6) is 0.605. The monoisotopic (exact) mass is 265 g/mol. The molecule has 1 aliphatic carbocycles. The van der Waals surface area contributed by atoms with E-state index in [9.17, 15) is 0 Å². The molecule has 1 nitrogen and oxygen atoms in total. The van der Waals surface area contributed by atoms with E-state index < -0.39 is 0 Å². The van der Waals surface area contributed by atoms with Gasteiger partial charge >= 0.3 is 0 Å². The molecule has 0 amide bonds. The lowest BCUT2D eigenvalue weighted by Crippen LogP contribution is -2.36. The second kappa shape index (κ2) is 6.58. The molecular formula is C16H24ClN. The quantitative estimate of drug-likeness (QED) is 0.811. The van der Waals surface area contributed by atoms with Crippen molar-refractivity contribution in [1.29, 1.82) is 0 Å². The van der Waals surface area contributed by atoms with E-state index in [2.05, 4.69) is 31.3 Å². The average Bonchev–Trinajstić information content (AvgIpc) is 2.38. The molecule has 1 saturated carbocycles. The molecule has 2 rings (SSSR count). The predicted molar refractivity (Wildman–Crippen MR) is 79.0 cm³/mol. The summed E-state index contributed by atoms with van der Waals surface area (Å²) < 4.78 is 0. The van der Waals surface area contributed by atoms with Gasteiger partial charge in [0.05, 0.1) is 0 Å². The lowest BCUT2D eigenvalue weighted by Gasteiger charge is -2.31. The van der Waals surface area contributed by atoms with Gasteiger partial charge in [-0.3, -0.25) is 0 Å². The van der Waals surface area contributed by atoms with E-state index in [1.807, 2.05) is 12.1 Å². The van der Waals surface area contributed by atoms with Crippen molar-refractivity contribution in [2.75, 3.05) is 0 Å². The summed E-state index contributed by atoms with van der Waals surface area (Å²) in [5.41, 5.74) is 1.36. The minimum absolute atomic E-state index is 0.449. The Morgan fingerprint density at radius 2 is 1.67 bits per heavy atom. The van der Waals surface area contributed by atoms with Crippen LogP contribution < -0.4 is 5.32 Å². The fourth-order valence-electron chi connectivity index (χ4n) is 2.87. The van der Waals surface area contributed by atoms with E-state index in [-0.39, 0.29) is 0 Å². The second-order valence-corrected chi connectivity index (χ2v) is 6.21. The summed E-state index contributed by atoms with van der Waals surface area (Å²) in [6.07, 6.45) is 6.82. The largest absolute Gasteiger partial charge is 0.307 e. The van der Waals surface area contributed by atoms with Crippen LogP contribution in [0.4, 0.5) is 0 Å². The summed E-state index contributed by atoms with van der Waals surface area (Å²) in [4.78, 5) is 0. The molecule has 0 aliphatic heterocycles. The smallest absolute Gasteiger partial charge is 0.0406 e. The molecule has 1 atom stereocenters. The van der Waals surface area contributed by atoms with E-state index >= 15 is 0 Å². The Kier molecular flexibility index (Phi) is 5.08. The molecule has 1 aromatic rings. The number of halogens is 1. The summed E-state index contributed by atoms with van der Waals surface area (Å²) in [6.45, 7) is 4.57. The molecule has 0 spiro atoms. The third-order valence-electron chi connectivity index (χ3n) is 3.92. The average molecular weight is 266 g/mol. The van der Waals surface area contributed by atoms with Crippen molar-refractivity contribution in [2.45, 2.75) is 58.0 Å². The standard InChI is InChI=1S/C16H24ClN/c1-12(2)16(13-8-10-14(17)11-9-13)18-15-6-4-3-5-7-15/h8-12,15-16,18H,3-7H2,1-2H3. The van der Waals surface area contributed by atoms with E-state index in [0.29, 0.717) is 18.0 Å². The van der Waals surface area contributed by atoms with Crippen LogP contribution >= 0.6 is 11.6 Å². The molecule has 0 radical (unpaired) electrons. The van der Waals surface area contributed by atoms with Gasteiger partial charge in [0.2, 0.25) is 0 Å². The molecule has 1 aromatic carbocycles. The van der Waals surface area contributed by atoms with Crippen molar-refractivity contribution in [3.05, 3.63) is 34.9 Å². The topological polar surface area (TPSA) is 12.0 Å². The number of hydrogen-bond donors (Lipinski definition) is 1. The molecule has 0 heterocycles. The zero-order valence-corrected chi connectivity index (χ0v) is 12.2. The van der Waals surface area contributed by atoms with Gasteiger partial charge in [0.1, 0.15) is 0 Å². The third kappa shape index (κ3) is 3.73. The molecule has 0 bridgehead atoms. The van der Waals surface area contributed by atoms with Crippen LogP contribution in [-0.2, 0) is 0 Å². The van der Waals surface area contributed by atoms with Crippen molar-refractivity contribution in [1.82, 2.24) is 5.32 Å². The van der Waals surface area contributed by atoms with Gasteiger partial charge < -0.3 is 5.32 Å². The Balaban J connectivity index is 2.05. The van der Waals surface area contributed by atoms with Crippen LogP contribution in [0.3, 0.4) is 0 Å². The fraction of sp³-hybridized carbons (Fsp3) is 0.625. The maximum Gasteiger partial charge on any atom is 0.0406 e. The number of benzene rings is 1. The highest BCUT2D eigenvalue weighted by Crippen LogP contribution is 2.27. The lowest BCUT2D eigenvalue weighted by molar-refractivity contribution is 0.300. The van der Waals surface area contributed by atoms with Gasteiger partial charge in [0, 0.05) is 17.1 Å². The summed E-state index contributed by atoms with van der Waals surface area (Å²) in [6, 6.07) is 9.45. The molecular weight excluding hydrogens is 242 g/mol. The highest BCUT2D eigenvalue weighted by atomic mass is 35.5. The Bertz CT molecular complexity index is 352. The van der Waals surface area contributed by atoms with Crippen LogP contribution in [0.2, 0.25) is 5.02 Å². The molecule has 1 unspecified atom stereocenters. The van der Waals surface area contributed by atoms with Crippen molar-refractivity contribution >= 4 is 11.6 Å². The van der Waals surface area contributed by atoms with Crippen LogP contribution in [0, 0.1) is 5.92 Å². The fourth-order valence-corrected chi connectivity index (χ4v) is 2.99. The third-order valence-corrected chi connectivity index (χ3v) is 4.17. The first-order valence-corrected chi connectivity index (χ1v) is 7.56. The first-order chi connectivity index (χ1) is 8.66. The van der Waals surface area contributed by atoms with E-state index in [0.717, 1.165) is 5.02 Å². The lowest BCUT2D eigenvalue weighted by atomic mass is 9.90. The Hall–Kier alpha value is -0.530. The first-order valence-electron chi connectivity index (χ1n) is 7.18. The molecule has 100 valence electrons. The Morgan fingerprint density at radius 1 is 1.06 bits per heavy atom. The molecule has 0 aromatic heterocycles. The van der Waals surface area contributed by atoms with Crippen LogP contribution in [0.1, 0.15) is 57.6 Å². The Morgan fingerprint density at radius 3 is 2.22 bits per heavy atom. The van der Waals surface area contributed by atoms with E-state index in [1.54, 1.807) is 0 Å². The van der Waals surface area contributed by atoms with Crippen LogP contribution in [-0.4, -0.2) is 6.04 Å². The zero-order valence-electron chi connectivity index (χ0n) is 11.5. The molecule has 18 heavy (non-hydrogen) atoms. The maximum atomic E-state index is 5.97. The SMILES string of the molecule is CC(C)C(NC1CCCCC1)c1ccc(Cl)cc1. The van der Waals surface area contributed by atoms with Gasteiger partial charge in [-0.2, -0.15) is 0 Å². The van der Waals surface area contributed by atoms with E-state index in [4.69, 9.17) is 11.6 Å². The zero-order chi connectivity index (χ0) is 13.0. The summed E-state index contributed by atoms with van der Waals surface area (Å²) in [7, 11) is 0. The number of hydrogen-bond acceptors (Lipinski definition) is 1. The number of rotatable bonds is 4. The highest BCUT2D eigenvalue weighted by Gasteiger charge is 2.21. The van der Waals surface area contributed by atoms with Crippen LogP contribution in [0.25, 0.3) is 0 Å². The van der Waals surface area contributed by atoms with Crippen molar-refractivity contribution in [2.24, 2.45) is 5.92 Å². The summed E-state index contributed by atoms with van der Waals surface area (Å²) >= 11 is 5.97. The van der Waals surface area contributed by atoms with Gasteiger partial charge in [0.25, 0.3) is 0 Å². The normalized spacial score (nSPS) is 19.1. The van der Waals surface area contributed by atoms with Crippen molar-refractivity contribution in [3.8, 4) is 0 Å². The molecule has 1 fully saturated rings. The second-order valence-electron chi connectivity index (χ2n) is 5.77. The van der Waals surface area contributed by atoms with Crippen LogP contribution in [0.15, 0.2) is 24.3 Å². The summed E-state index contributed by atoms with van der Waals surface area (Å²) in [5, 5.41) is 4.67. The Labute approximate surface area is 116 Å². The minimum atomic E-state index is 0.449. The van der Waals surface area contributed by atoms with Gasteiger partial charge in [-0.1, -0.05) is 56.8 Å². The van der Waals surface area contributed by atoms with Gasteiger partial charge in [0.15, 0.2) is 0 Å². The highest BCUT2D eigenvalue weighted by molar-refractivity contribution is 6.30. The molecule has 1 N–H and O–H groups in total. The van der Waals surface area contributed by atoms with E-state index in [1.165, 1.54) is 37.7 Å². The van der Waals surface area contributed by atoms with Crippen LogP contribution in [0.5, 0.6) is 0 Å². The minimum Gasteiger partial charge on any atom is -0.307 e. The molecule has 2 heteroatoms. The van der Waals surface area contributed by atoms with Gasteiger partial charge in [-0.15, -0.1) is 0 Å². The van der Waals surface area contributed by atoms with Crippen molar-refractivity contribution in [3.63, 3.8) is 0 Å². The first kappa shape index (κ1) is 13.9. The van der Waals surface area contributed by atoms with Gasteiger partial charge in [-0.25, -0.2) is 0 Å². The molecule has 0 saturated heterocycles. The van der Waals surface area contributed by atoms with Gasteiger partial charge in [-0.05, 0) is 36.5 Å².